The molecule has 0 atom stereocenters. The molecular weight excluding hydrogens is 324 g/mol. The van der Waals surface area contributed by atoms with Crippen molar-refractivity contribution in [2.24, 2.45) is 12.5 Å². The van der Waals surface area contributed by atoms with Gasteiger partial charge in [0, 0.05) is 18.9 Å². The molecule has 0 bridgehead atoms. The highest BCUT2D eigenvalue weighted by Crippen LogP contribution is 2.52. The number of rotatable bonds is 3. The monoisotopic (exact) mass is 347 g/mol. The molecule has 1 aromatic carbocycles. The van der Waals surface area contributed by atoms with Gasteiger partial charge in [0.1, 0.15) is 5.69 Å². The molecular formula is C19H23F2N3O. The van der Waals surface area contributed by atoms with Gasteiger partial charge in [0.25, 0.3) is 12.3 Å². The standard InChI is InChI=1S/C19H23F2N3O/c1-18(2)9-11-13(19(18,3)4)7-6-8-14(11)22-17(25)12-10-24(5)23-15(12)16(20)21/h6-8,10,16H,9H2,1-5H3,(H,22,25). The smallest absolute Gasteiger partial charge is 0.282 e. The number of alkyl halides is 2. The van der Waals surface area contributed by atoms with E-state index >= 15 is 0 Å². The van der Waals surface area contributed by atoms with Gasteiger partial charge in [-0.15, -0.1) is 0 Å². The number of nitrogens with zero attached hydrogens (tertiary/aromatic N) is 2. The van der Waals surface area contributed by atoms with E-state index < -0.39 is 18.0 Å². The number of aryl methyl sites for hydroxylation is 1. The van der Waals surface area contributed by atoms with E-state index in [4.69, 9.17) is 0 Å². The molecule has 0 saturated carbocycles. The Kier molecular flexibility index (Phi) is 3.97. The van der Waals surface area contributed by atoms with Crippen LogP contribution in [0.1, 0.15) is 61.3 Å². The molecule has 0 saturated heterocycles. The SMILES string of the molecule is Cn1cc(C(=O)Nc2cccc3c2CC(C)(C)C3(C)C)c(C(F)F)n1. The fourth-order valence-electron chi connectivity index (χ4n) is 3.54. The Morgan fingerprint density at radius 2 is 1.96 bits per heavy atom. The number of benzene rings is 1. The summed E-state index contributed by atoms with van der Waals surface area (Å²) < 4.78 is 27.4. The first kappa shape index (κ1) is 17.6. The van der Waals surface area contributed by atoms with Crippen LogP contribution in [0.2, 0.25) is 0 Å². The van der Waals surface area contributed by atoms with Crippen LogP contribution in [0.15, 0.2) is 24.4 Å². The molecule has 3 rings (SSSR count). The second kappa shape index (κ2) is 5.64. The van der Waals surface area contributed by atoms with Crippen LogP contribution in [0.4, 0.5) is 14.5 Å². The summed E-state index contributed by atoms with van der Waals surface area (Å²) in [5.41, 5.74) is 2.37. The van der Waals surface area contributed by atoms with Crippen molar-refractivity contribution < 1.29 is 13.6 Å². The summed E-state index contributed by atoms with van der Waals surface area (Å²) in [6, 6.07) is 5.80. The summed E-state index contributed by atoms with van der Waals surface area (Å²) in [5.74, 6) is -0.556. The van der Waals surface area contributed by atoms with Crippen molar-refractivity contribution in [3.63, 3.8) is 0 Å². The molecule has 134 valence electrons. The zero-order chi connectivity index (χ0) is 18.6. The molecule has 1 heterocycles. The molecule has 0 unspecified atom stereocenters. The largest absolute Gasteiger partial charge is 0.322 e. The summed E-state index contributed by atoms with van der Waals surface area (Å²) in [7, 11) is 1.52. The molecule has 0 fully saturated rings. The molecule has 0 aliphatic heterocycles. The summed E-state index contributed by atoms with van der Waals surface area (Å²) in [4.78, 5) is 12.6. The summed E-state index contributed by atoms with van der Waals surface area (Å²) in [5, 5.41) is 6.51. The van der Waals surface area contributed by atoms with Gasteiger partial charge >= 0.3 is 0 Å². The van der Waals surface area contributed by atoms with E-state index in [1.165, 1.54) is 23.5 Å². The topological polar surface area (TPSA) is 46.9 Å². The quantitative estimate of drug-likeness (QED) is 0.890. The first-order valence-corrected chi connectivity index (χ1v) is 8.30. The van der Waals surface area contributed by atoms with Crippen molar-refractivity contribution in [2.45, 2.75) is 46.0 Å². The van der Waals surface area contributed by atoms with Crippen LogP contribution in [0.5, 0.6) is 0 Å². The molecule has 1 amide bonds. The second-order valence-corrected chi connectivity index (χ2v) is 7.87. The number of halogens is 2. The summed E-state index contributed by atoms with van der Waals surface area (Å²) in [6.45, 7) is 8.80. The lowest BCUT2D eigenvalue weighted by molar-refractivity contribution is 0.101. The minimum absolute atomic E-state index is 0.0362. The lowest BCUT2D eigenvalue weighted by Gasteiger charge is -2.35. The zero-order valence-electron chi connectivity index (χ0n) is 15.2. The van der Waals surface area contributed by atoms with Crippen LogP contribution in [-0.2, 0) is 18.9 Å². The molecule has 2 aromatic rings. The van der Waals surface area contributed by atoms with E-state index in [-0.39, 0.29) is 16.4 Å². The van der Waals surface area contributed by atoms with Crippen molar-refractivity contribution in [1.29, 1.82) is 0 Å². The zero-order valence-corrected chi connectivity index (χ0v) is 15.2. The van der Waals surface area contributed by atoms with Crippen LogP contribution < -0.4 is 5.32 Å². The summed E-state index contributed by atoms with van der Waals surface area (Å²) in [6.07, 6.45) is -0.643. The lowest BCUT2D eigenvalue weighted by Crippen LogP contribution is -2.32. The minimum atomic E-state index is -2.79. The highest BCUT2D eigenvalue weighted by atomic mass is 19.3. The highest BCUT2D eigenvalue weighted by molar-refractivity contribution is 6.05. The third-order valence-corrected chi connectivity index (χ3v) is 5.72. The van der Waals surface area contributed by atoms with Gasteiger partial charge in [-0.1, -0.05) is 39.8 Å². The Bertz CT molecular complexity index is 837. The molecule has 25 heavy (non-hydrogen) atoms. The van der Waals surface area contributed by atoms with Gasteiger partial charge in [0.2, 0.25) is 0 Å². The molecule has 1 N–H and O–H groups in total. The molecule has 1 aliphatic carbocycles. The van der Waals surface area contributed by atoms with Crippen molar-refractivity contribution in [1.82, 2.24) is 9.78 Å². The van der Waals surface area contributed by atoms with Crippen molar-refractivity contribution in [2.75, 3.05) is 5.32 Å². The van der Waals surface area contributed by atoms with E-state index in [1.54, 1.807) is 0 Å². The van der Waals surface area contributed by atoms with Gasteiger partial charge in [-0.3, -0.25) is 9.48 Å². The van der Waals surface area contributed by atoms with E-state index in [0.717, 1.165) is 12.0 Å². The Balaban J connectivity index is 1.97. The van der Waals surface area contributed by atoms with Crippen molar-refractivity contribution >= 4 is 11.6 Å². The Labute approximate surface area is 146 Å². The van der Waals surface area contributed by atoms with Crippen LogP contribution in [0.3, 0.4) is 0 Å². The Morgan fingerprint density at radius 1 is 1.28 bits per heavy atom. The second-order valence-electron chi connectivity index (χ2n) is 7.87. The van der Waals surface area contributed by atoms with Gasteiger partial charge < -0.3 is 5.32 Å². The summed E-state index contributed by atoms with van der Waals surface area (Å²) >= 11 is 0. The first-order valence-electron chi connectivity index (χ1n) is 8.30. The molecule has 6 heteroatoms. The third kappa shape index (κ3) is 2.73. The number of fused-ring (bicyclic) bond motifs is 1. The fourth-order valence-corrected chi connectivity index (χ4v) is 3.54. The number of hydrogen-bond donors (Lipinski definition) is 1. The average Bonchev–Trinajstić information content (AvgIpc) is 2.97. The maximum atomic E-state index is 13.1. The average molecular weight is 347 g/mol. The van der Waals surface area contributed by atoms with Gasteiger partial charge in [-0.25, -0.2) is 8.78 Å². The Morgan fingerprint density at radius 3 is 2.60 bits per heavy atom. The third-order valence-electron chi connectivity index (χ3n) is 5.72. The minimum Gasteiger partial charge on any atom is -0.322 e. The lowest BCUT2D eigenvalue weighted by atomic mass is 9.69. The number of amides is 1. The van der Waals surface area contributed by atoms with Crippen LogP contribution >= 0.6 is 0 Å². The number of anilines is 1. The van der Waals surface area contributed by atoms with E-state index in [9.17, 15) is 13.6 Å². The highest BCUT2D eigenvalue weighted by Gasteiger charge is 2.46. The fraction of sp³-hybridized carbons (Fsp3) is 0.474. The van der Waals surface area contributed by atoms with Crippen molar-refractivity contribution in [3.8, 4) is 0 Å². The van der Waals surface area contributed by atoms with Gasteiger partial charge in [0.05, 0.1) is 5.56 Å². The van der Waals surface area contributed by atoms with E-state index in [1.807, 2.05) is 12.1 Å². The number of carbonyl (C=O) groups excluding carboxylic acids is 1. The van der Waals surface area contributed by atoms with Crippen LogP contribution in [0.25, 0.3) is 0 Å². The van der Waals surface area contributed by atoms with E-state index in [2.05, 4.69) is 44.2 Å². The van der Waals surface area contributed by atoms with Crippen LogP contribution in [-0.4, -0.2) is 15.7 Å². The molecule has 1 aromatic heterocycles. The predicted octanol–water partition coefficient (Wildman–Crippen LogP) is 4.47. The molecule has 0 radical (unpaired) electrons. The predicted molar refractivity (Wildman–Crippen MR) is 93.1 cm³/mol. The molecule has 4 nitrogen and oxygen atoms in total. The molecule has 0 spiro atoms. The Hall–Kier alpha value is -2.24. The van der Waals surface area contributed by atoms with Gasteiger partial charge in [-0.05, 0) is 34.4 Å². The van der Waals surface area contributed by atoms with Crippen molar-refractivity contribution in [3.05, 3.63) is 46.8 Å². The van der Waals surface area contributed by atoms with Gasteiger partial charge in [0.15, 0.2) is 0 Å². The first-order chi connectivity index (χ1) is 11.5. The maximum absolute atomic E-state index is 13.1. The number of nitrogens with one attached hydrogen (secondary N) is 1. The normalized spacial score (nSPS) is 17.6. The van der Waals surface area contributed by atoms with Crippen LogP contribution in [0, 0.1) is 5.41 Å². The molecule has 1 aliphatic rings. The number of aromatic nitrogens is 2. The maximum Gasteiger partial charge on any atom is 0.282 e. The van der Waals surface area contributed by atoms with Gasteiger partial charge in [-0.2, -0.15) is 5.10 Å². The number of carbonyl (C=O) groups is 1. The number of hydrogen-bond acceptors (Lipinski definition) is 2. The van der Waals surface area contributed by atoms with E-state index in [0.29, 0.717) is 5.69 Å².